The van der Waals surface area contributed by atoms with Crippen molar-refractivity contribution in [3.63, 3.8) is 0 Å². The molecule has 0 heterocycles. The molecule has 4 nitrogen and oxygen atoms in total. The fraction of sp³-hybridized carbons (Fsp3) is 0.875. The van der Waals surface area contributed by atoms with Crippen molar-refractivity contribution in [3.05, 3.63) is 0 Å². The maximum atomic E-state index is 12.1. The average Bonchev–Trinajstić information content (AvgIpc) is 2.42. The van der Waals surface area contributed by atoms with Crippen molar-refractivity contribution >= 4 is 11.9 Å². The van der Waals surface area contributed by atoms with Crippen LogP contribution in [0.2, 0.25) is 0 Å². The van der Waals surface area contributed by atoms with Crippen molar-refractivity contribution in [3.8, 4) is 0 Å². The van der Waals surface area contributed by atoms with Gasteiger partial charge in [-0.3, -0.25) is 9.59 Å². The number of aliphatic carboxylic acids is 2. The van der Waals surface area contributed by atoms with E-state index >= 15 is 0 Å². The van der Waals surface area contributed by atoms with Gasteiger partial charge in [-0.2, -0.15) is 0 Å². The van der Waals surface area contributed by atoms with Crippen LogP contribution in [0.5, 0.6) is 0 Å². The number of carboxylic acids is 2. The van der Waals surface area contributed by atoms with Gasteiger partial charge >= 0.3 is 11.9 Å². The van der Waals surface area contributed by atoms with Crippen LogP contribution in [0.4, 0.5) is 0 Å². The summed E-state index contributed by atoms with van der Waals surface area (Å²) in [6, 6.07) is 0. The third-order valence-corrected chi connectivity index (χ3v) is 5.58. The lowest BCUT2D eigenvalue weighted by Gasteiger charge is -2.51. The molecule has 20 heavy (non-hydrogen) atoms. The first-order chi connectivity index (χ1) is 9.22. The molecule has 0 saturated heterocycles. The summed E-state index contributed by atoms with van der Waals surface area (Å²) in [7, 11) is 0. The van der Waals surface area contributed by atoms with E-state index in [1.807, 2.05) is 27.7 Å². The van der Waals surface area contributed by atoms with Crippen LogP contribution < -0.4 is 0 Å². The minimum Gasteiger partial charge on any atom is -0.481 e. The highest BCUT2D eigenvalue weighted by Crippen LogP contribution is 2.56. The Morgan fingerprint density at radius 2 is 1.05 bits per heavy atom. The topological polar surface area (TPSA) is 74.6 Å². The lowest BCUT2D eigenvalue weighted by Crippen LogP contribution is -2.58. The smallest absolute Gasteiger partial charge is 0.311 e. The van der Waals surface area contributed by atoms with Crippen molar-refractivity contribution < 1.29 is 19.8 Å². The first kappa shape index (κ1) is 18.9. The van der Waals surface area contributed by atoms with Crippen LogP contribution in [0.15, 0.2) is 0 Å². The lowest BCUT2D eigenvalue weighted by atomic mass is 9.50. The summed E-state index contributed by atoms with van der Waals surface area (Å²) in [4.78, 5) is 24.2. The van der Waals surface area contributed by atoms with E-state index in [9.17, 15) is 19.8 Å². The summed E-state index contributed by atoms with van der Waals surface area (Å²) in [6.45, 7) is 11.2. The van der Waals surface area contributed by atoms with Crippen LogP contribution in [0.25, 0.3) is 0 Å². The molecular formula is C16H30O4. The minimum absolute atomic E-state index is 0.185. The molecule has 0 spiro atoms. The van der Waals surface area contributed by atoms with Gasteiger partial charge in [0.25, 0.3) is 0 Å². The summed E-state index contributed by atoms with van der Waals surface area (Å²) in [5, 5.41) is 19.8. The second-order valence-electron chi connectivity index (χ2n) is 5.88. The standard InChI is InChI=1S/C16H30O4/c1-7-11(5)15(9-3,13(17)18)16(10-4,14(19)20)12(6)8-2/h11-12H,7-10H2,1-6H3,(H,17,18)(H,19,20). The molecule has 0 aromatic heterocycles. The summed E-state index contributed by atoms with van der Waals surface area (Å²) in [5.41, 5.74) is -2.45. The minimum atomic E-state index is -1.22. The van der Waals surface area contributed by atoms with Gasteiger partial charge in [0, 0.05) is 0 Å². The number of hydrogen-bond donors (Lipinski definition) is 2. The average molecular weight is 286 g/mol. The van der Waals surface area contributed by atoms with Crippen molar-refractivity contribution in [1.82, 2.24) is 0 Å². The molecule has 0 aromatic rings. The predicted octanol–water partition coefficient (Wildman–Crippen LogP) is 4.04. The molecule has 0 aliphatic carbocycles. The third-order valence-electron chi connectivity index (χ3n) is 5.58. The molecule has 0 rings (SSSR count). The van der Waals surface area contributed by atoms with Crippen LogP contribution in [-0.4, -0.2) is 22.2 Å². The maximum Gasteiger partial charge on any atom is 0.311 e. The van der Waals surface area contributed by atoms with E-state index in [0.29, 0.717) is 25.7 Å². The molecule has 0 aliphatic heterocycles. The van der Waals surface area contributed by atoms with E-state index in [1.54, 1.807) is 13.8 Å². The third kappa shape index (κ3) is 2.45. The molecule has 0 bridgehead atoms. The van der Waals surface area contributed by atoms with Gasteiger partial charge in [0.1, 0.15) is 0 Å². The van der Waals surface area contributed by atoms with Crippen molar-refractivity contribution in [2.45, 2.75) is 67.2 Å². The largest absolute Gasteiger partial charge is 0.481 e. The molecule has 4 heteroatoms. The highest BCUT2D eigenvalue weighted by Gasteiger charge is 2.63. The van der Waals surface area contributed by atoms with Crippen LogP contribution in [0, 0.1) is 22.7 Å². The van der Waals surface area contributed by atoms with Crippen molar-refractivity contribution in [2.75, 3.05) is 0 Å². The Kier molecular flexibility index (Phi) is 6.72. The van der Waals surface area contributed by atoms with E-state index in [1.165, 1.54) is 0 Å². The van der Waals surface area contributed by atoms with E-state index in [4.69, 9.17) is 0 Å². The number of carboxylic acid groups (broad SMARTS) is 2. The number of rotatable bonds is 9. The van der Waals surface area contributed by atoms with Gasteiger partial charge in [0.05, 0.1) is 10.8 Å². The van der Waals surface area contributed by atoms with Gasteiger partial charge in [-0.1, -0.05) is 54.4 Å². The molecule has 0 aliphatic rings. The summed E-state index contributed by atoms with van der Waals surface area (Å²) >= 11 is 0. The first-order valence-electron chi connectivity index (χ1n) is 7.69. The Morgan fingerprint density at radius 1 is 0.800 bits per heavy atom. The van der Waals surface area contributed by atoms with Gasteiger partial charge in [-0.15, -0.1) is 0 Å². The summed E-state index contributed by atoms with van der Waals surface area (Å²) < 4.78 is 0. The highest BCUT2D eigenvalue weighted by molar-refractivity contribution is 5.87. The Morgan fingerprint density at radius 3 is 1.15 bits per heavy atom. The van der Waals surface area contributed by atoms with Gasteiger partial charge in [0.15, 0.2) is 0 Å². The normalized spacial score (nSPS) is 20.5. The molecule has 4 unspecified atom stereocenters. The van der Waals surface area contributed by atoms with E-state index in [-0.39, 0.29) is 11.8 Å². The Bertz CT molecular complexity index is 318. The molecule has 118 valence electrons. The van der Waals surface area contributed by atoms with Gasteiger partial charge < -0.3 is 10.2 Å². The van der Waals surface area contributed by atoms with E-state index in [0.717, 1.165) is 0 Å². The van der Waals surface area contributed by atoms with Crippen LogP contribution in [0.1, 0.15) is 67.2 Å². The zero-order valence-corrected chi connectivity index (χ0v) is 13.7. The fourth-order valence-electron chi connectivity index (χ4n) is 4.01. The number of hydrogen-bond acceptors (Lipinski definition) is 2. The zero-order valence-electron chi connectivity index (χ0n) is 13.7. The SMILES string of the molecule is CCC(C)C(CC)(C(=O)O)C(CC)(C(=O)O)C(C)CC. The molecule has 0 fully saturated rings. The van der Waals surface area contributed by atoms with Gasteiger partial charge in [-0.25, -0.2) is 0 Å². The van der Waals surface area contributed by atoms with E-state index in [2.05, 4.69) is 0 Å². The molecule has 2 N–H and O–H groups in total. The van der Waals surface area contributed by atoms with Crippen LogP contribution in [-0.2, 0) is 9.59 Å². The molecular weight excluding hydrogens is 256 g/mol. The van der Waals surface area contributed by atoms with Crippen molar-refractivity contribution in [1.29, 1.82) is 0 Å². The lowest BCUT2D eigenvalue weighted by molar-refractivity contribution is -0.189. The number of carbonyl (C=O) groups is 2. The molecule has 0 radical (unpaired) electrons. The predicted molar refractivity (Wildman–Crippen MR) is 79.6 cm³/mol. The quantitative estimate of drug-likeness (QED) is 0.670. The molecule has 4 atom stereocenters. The summed E-state index contributed by atoms with van der Waals surface area (Å²) in [6.07, 6.45) is 1.99. The molecule has 0 saturated carbocycles. The van der Waals surface area contributed by atoms with Gasteiger partial charge in [0.2, 0.25) is 0 Å². The Labute approximate surface area is 122 Å². The Balaban J connectivity index is 6.42. The second-order valence-corrected chi connectivity index (χ2v) is 5.88. The first-order valence-corrected chi connectivity index (χ1v) is 7.69. The second kappa shape index (κ2) is 7.09. The monoisotopic (exact) mass is 286 g/mol. The fourth-order valence-corrected chi connectivity index (χ4v) is 4.01. The molecule has 0 amide bonds. The summed E-state index contributed by atoms with van der Waals surface area (Å²) in [5.74, 6) is -2.32. The van der Waals surface area contributed by atoms with Gasteiger partial charge in [-0.05, 0) is 24.7 Å². The maximum absolute atomic E-state index is 12.1. The Hall–Kier alpha value is -1.06. The van der Waals surface area contributed by atoms with Crippen LogP contribution >= 0.6 is 0 Å². The van der Waals surface area contributed by atoms with Crippen molar-refractivity contribution in [2.24, 2.45) is 22.7 Å². The zero-order chi connectivity index (χ0) is 16.1. The van der Waals surface area contributed by atoms with Crippen LogP contribution in [0.3, 0.4) is 0 Å². The molecule has 0 aromatic carbocycles. The van der Waals surface area contributed by atoms with E-state index < -0.39 is 22.8 Å². The highest BCUT2D eigenvalue weighted by atomic mass is 16.4.